The summed E-state index contributed by atoms with van der Waals surface area (Å²) in [4.78, 5) is 7.84. The second-order valence-electron chi connectivity index (χ2n) is 5.90. The normalized spacial score (nSPS) is 11.5. The first-order valence-corrected chi connectivity index (χ1v) is 7.68. The Morgan fingerprint density at radius 1 is 0.704 bits per heavy atom. The number of pyridine rings is 2. The van der Waals surface area contributed by atoms with Crippen LogP contribution in [0.5, 0.6) is 0 Å². The van der Waals surface area contributed by atoms with E-state index in [4.69, 9.17) is 0 Å². The van der Waals surface area contributed by atoms with Crippen LogP contribution in [-0.2, 0) is 0 Å². The first-order valence-electron chi connectivity index (χ1n) is 7.68. The highest BCUT2D eigenvalue weighted by molar-refractivity contribution is 5.95. The number of hydrogen-bond acceptors (Lipinski definition) is 2. The zero-order valence-electron chi connectivity index (χ0n) is 13.5. The van der Waals surface area contributed by atoms with E-state index in [2.05, 4.69) is 9.97 Å². The molecule has 27 heavy (non-hydrogen) atoms. The van der Waals surface area contributed by atoms with Gasteiger partial charge in [0.25, 0.3) is 0 Å². The Morgan fingerprint density at radius 2 is 1.33 bits per heavy atom. The van der Waals surface area contributed by atoms with Gasteiger partial charge < -0.3 is 0 Å². The molecule has 0 aliphatic rings. The fraction of sp³-hybridized carbons (Fsp3) is 0.0526. The quantitative estimate of drug-likeness (QED) is 0.245. The number of aromatic nitrogens is 2. The molecular formula is C19H8F6N2. The van der Waals surface area contributed by atoms with Gasteiger partial charge in [-0.1, -0.05) is 18.2 Å². The maximum absolute atomic E-state index is 14.7. The predicted octanol–water partition coefficient (Wildman–Crippen LogP) is 5.59. The third kappa shape index (κ3) is 2.43. The van der Waals surface area contributed by atoms with Gasteiger partial charge in [-0.3, -0.25) is 4.98 Å². The summed E-state index contributed by atoms with van der Waals surface area (Å²) in [5.41, 5.74) is -0.876. The molecule has 2 aromatic carbocycles. The van der Waals surface area contributed by atoms with Gasteiger partial charge in [0, 0.05) is 16.6 Å². The lowest BCUT2D eigenvalue weighted by Crippen LogP contribution is -2.06. The molecule has 0 spiro atoms. The van der Waals surface area contributed by atoms with Crippen LogP contribution >= 0.6 is 0 Å². The van der Waals surface area contributed by atoms with Crippen molar-refractivity contribution in [3.05, 3.63) is 70.9 Å². The predicted molar refractivity (Wildman–Crippen MR) is 87.0 cm³/mol. The van der Waals surface area contributed by atoms with E-state index in [0.29, 0.717) is 16.6 Å². The Labute approximate surface area is 148 Å². The first-order chi connectivity index (χ1) is 12.8. The van der Waals surface area contributed by atoms with Gasteiger partial charge in [0.15, 0.2) is 34.9 Å². The van der Waals surface area contributed by atoms with Crippen LogP contribution in [0, 0.1) is 41.8 Å². The summed E-state index contributed by atoms with van der Waals surface area (Å²) >= 11 is 0. The summed E-state index contributed by atoms with van der Waals surface area (Å²) in [6.45, 7) is 1.60. The van der Waals surface area contributed by atoms with Crippen molar-refractivity contribution in [1.82, 2.24) is 9.97 Å². The number of fused-ring (bicyclic) bond motifs is 2. The molecule has 136 valence electrons. The van der Waals surface area contributed by atoms with Crippen molar-refractivity contribution in [1.29, 1.82) is 0 Å². The number of para-hydroxylation sites is 1. The Bertz CT molecular complexity index is 1250. The molecule has 4 rings (SSSR count). The molecule has 0 unspecified atom stereocenters. The van der Waals surface area contributed by atoms with E-state index in [1.165, 1.54) is 6.07 Å². The molecule has 8 heteroatoms. The van der Waals surface area contributed by atoms with Crippen LogP contribution in [0.3, 0.4) is 0 Å². The highest BCUT2D eigenvalue weighted by atomic mass is 19.2. The van der Waals surface area contributed by atoms with E-state index in [0.717, 1.165) is 0 Å². The summed E-state index contributed by atoms with van der Waals surface area (Å²) < 4.78 is 84.1. The molecule has 0 atom stereocenters. The van der Waals surface area contributed by atoms with Crippen LogP contribution in [0.2, 0.25) is 0 Å². The van der Waals surface area contributed by atoms with E-state index in [-0.39, 0.29) is 5.56 Å². The average Bonchev–Trinajstić information content (AvgIpc) is 2.66. The molecule has 0 N–H and O–H groups in total. The zero-order chi connectivity index (χ0) is 19.5. The maximum atomic E-state index is 14.7. The molecule has 0 bridgehead atoms. The van der Waals surface area contributed by atoms with Crippen LogP contribution in [0.1, 0.15) is 5.69 Å². The zero-order valence-corrected chi connectivity index (χ0v) is 13.5. The number of nitrogens with zero attached hydrogens (tertiary/aromatic N) is 2. The third-order valence-electron chi connectivity index (χ3n) is 4.19. The number of benzene rings is 2. The molecule has 0 saturated carbocycles. The van der Waals surface area contributed by atoms with E-state index in [9.17, 15) is 26.3 Å². The van der Waals surface area contributed by atoms with Crippen molar-refractivity contribution in [3.8, 4) is 11.3 Å². The minimum absolute atomic E-state index is 0.0564. The van der Waals surface area contributed by atoms with Gasteiger partial charge in [0.1, 0.15) is 11.2 Å². The molecule has 0 aliphatic carbocycles. The minimum atomic E-state index is -2.24. The lowest BCUT2D eigenvalue weighted by molar-refractivity contribution is 0.413. The molecule has 0 radical (unpaired) electrons. The molecule has 4 aromatic rings. The second kappa shape index (κ2) is 5.94. The van der Waals surface area contributed by atoms with Crippen molar-refractivity contribution >= 4 is 21.8 Å². The SMILES string of the molecule is Cc1cc(-c2nc3c(F)c(F)c(F)c(F)c3c(F)c2F)c2ccccc2n1. The van der Waals surface area contributed by atoms with Crippen molar-refractivity contribution in [3.63, 3.8) is 0 Å². The van der Waals surface area contributed by atoms with Crippen LogP contribution in [0.4, 0.5) is 26.3 Å². The lowest BCUT2D eigenvalue weighted by Gasteiger charge is -2.12. The van der Waals surface area contributed by atoms with Gasteiger partial charge in [-0.15, -0.1) is 0 Å². The highest BCUT2D eigenvalue weighted by Crippen LogP contribution is 2.35. The third-order valence-corrected chi connectivity index (χ3v) is 4.19. The van der Waals surface area contributed by atoms with Gasteiger partial charge in [0.05, 0.1) is 10.9 Å². The summed E-state index contributed by atoms with van der Waals surface area (Å²) in [7, 11) is 0. The lowest BCUT2D eigenvalue weighted by atomic mass is 10.0. The number of aryl methyl sites for hydroxylation is 1. The molecule has 2 nitrogen and oxygen atoms in total. The molecule has 0 saturated heterocycles. The molecule has 0 fully saturated rings. The Balaban J connectivity index is 2.18. The monoisotopic (exact) mass is 378 g/mol. The topological polar surface area (TPSA) is 25.8 Å². The first kappa shape index (κ1) is 17.3. The Kier molecular flexibility index (Phi) is 3.80. The molecule has 0 amide bonds. The fourth-order valence-corrected chi connectivity index (χ4v) is 2.98. The average molecular weight is 378 g/mol. The fourth-order valence-electron chi connectivity index (χ4n) is 2.98. The van der Waals surface area contributed by atoms with Gasteiger partial charge in [0.2, 0.25) is 0 Å². The van der Waals surface area contributed by atoms with E-state index in [1.54, 1.807) is 31.2 Å². The van der Waals surface area contributed by atoms with E-state index in [1.807, 2.05) is 0 Å². The number of halogens is 6. The van der Waals surface area contributed by atoms with Gasteiger partial charge in [-0.2, -0.15) is 0 Å². The van der Waals surface area contributed by atoms with Crippen LogP contribution in [0.15, 0.2) is 30.3 Å². The Hall–Kier alpha value is -3.16. The van der Waals surface area contributed by atoms with Crippen molar-refractivity contribution in [2.24, 2.45) is 0 Å². The smallest absolute Gasteiger partial charge is 0.199 e. The standard InChI is InChI=1S/C19H8F6N2/c1-7-6-9(8-4-2-3-5-10(8)26-7)18-16(24)13(21)11-12(20)14(22)15(23)17(25)19(11)27-18/h2-6H,1H3. The van der Waals surface area contributed by atoms with Gasteiger partial charge in [-0.05, 0) is 19.1 Å². The van der Waals surface area contributed by atoms with Crippen LogP contribution in [0.25, 0.3) is 33.1 Å². The van der Waals surface area contributed by atoms with E-state index < -0.39 is 51.5 Å². The summed E-state index contributed by atoms with van der Waals surface area (Å²) in [6.07, 6.45) is 0. The minimum Gasteiger partial charge on any atom is -0.253 e. The number of rotatable bonds is 1. The molecular weight excluding hydrogens is 370 g/mol. The van der Waals surface area contributed by atoms with Crippen molar-refractivity contribution in [2.75, 3.05) is 0 Å². The Morgan fingerprint density at radius 3 is 2.07 bits per heavy atom. The van der Waals surface area contributed by atoms with Crippen molar-refractivity contribution < 1.29 is 26.3 Å². The van der Waals surface area contributed by atoms with Gasteiger partial charge in [-0.25, -0.2) is 31.3 Å². The summed E-state index contributed by atoms with van der Waals surface area (Å²) in [5, 5.41) is -1.01. The maximum Gasteiger partial charge on any atom is 0.199 e. The van der Waals surface area contributed by atoms with Gasteiger partial charge >= 0.3 is 0 Å². The summed E-state index contributed by atoms with van der Waals surface area (Å²) in [5.74, 6) is -11.8. The highest BCUT2D eigenvalue weighted by Gasteiger charge is 2.28. The van der Waals surface area contributed by atoms with E-state index >= 15 is 0 Å². The summed E-state index contributed by atoms with van der Waals surface area (Å²) in [6, 6.07) is 7.86. The second-order valence-corrected chi connectivity index (χ2v) is 5.90. The van der Waals surface area contributed by atoms with Crippen molar-refractivity contribution in [2.45, 2.75) is 6.92 Å². The molecule has 0 aliphatic heterocycles. The largest absolute Gasteiger partial charge is 0.253 e. The van der Waals surface area contributed by atoms with Crippen LogP contribution < -0.4 is 0 Å². The molecule has 2 heterocycles. The van der Waals surface area contributed by atoms with Crippen LogP contribution in [-0.4, -0.2) is 9.97 Å². The number of hydrogen-bond donors (Lipinski definition) is 0. The molecule has 2 aromatic heterocycles.